The molecule has 0 aliphatic heterocycles. The molecule has 184 valence electrons. The van der Waals surface area contributed by atoms with Crippen LogP contribution in [0.2, 0.25) is 0 Å². The van der Waals surface area contributed by atoms with Gasteiger partial charge in [-0.3, -0.25) is 4.79 Å². The second-order valence-corrected chi connectivity index (χ2v) is 8.42. The summed E-state index contributed by atoms with van der Waals surface area (Å²) in [5.74, 6) is 1.53. The molecule has 0 unspecified atom stereocenters. The molecule has 0 aliphatic rings. The molecule has 0 atom stereocenters. The van der Waals surface area contributed by atoms with Crippen molar-refractivity contribution in [2.24, 2.45) is 0 Å². The predicted octanol–water partition coefficient (Wildman–Crippen LogP) is 5.77. The van der Waals surface area contributed by atoms with Gasteiger partial charge in [-0.05, 0) is 72.8 Å². The zero-order valence-corrected chi connectivity index (χ0v) is 20.2. The lowest BCUT2D eigenvalue weighted by atomic mass is 10.1. The molecule has 0 aliphatic carbocycles. The van der Waals surface area contributed by atoms with Crippen LogP contribution in [0, 0.1) is 0 Å². The zero-order valence-electron chi connectivity index (χ0n) is 20.2. The first kappa shape index (κ1) is 23.6. The van der Waals surface area contributed by atoms with Crippen molar-refractivity contribution in [3.05, 3.63) is 85.1 Å². The topological polar surface area (TPSA) is 126 Å². The molecule has 0 saturated carbocycles. The van der Waals surface area contributed by atoms with E-state index in [2.05, 4.69) is 15.6 Å². The summed E-state index contributed by atoms with van der Waals surface area (Å²) in [7, 11) is 1.69. The van der Waals surface area contributed by atoms with Crippen LogP contribution in [0.4, 0.5) is 27.7 Å². The average Bonchev–Trinajstić information content (AvgIpc) is 3.44. The van der Waals surface area contributed by atoms with Crippen molar-refractivity contribution in [3.63, 3.8) is 0 Å². The number of fused-ring (bicyclic) bond motifs is 1. The summed E-state index contributed by atoms with van der Waals surface area (Å²) in [6, 6.07) is 23.2. The number of amides is 3. The van der Waals surface area contributed by atoms with Crippen LogP contribution in [-0.2, 0) is 4.79 Å². The van der Waals surface area contributed by atoms with E-state index in [1.54, 1.807) is 49.7 Å². The number of furan rings is 1. The number of aromatic nitrogens is 2. The fourth-order valence-corrected chi connectivity index (χ4v) is 3.83. The Morgan fingerprint density at radius 1 is 0.865 bits per heavy atom. The Bertz CT molecular complexity index is 1580. The number of nitrogens with one attached hydrogen (secondary N) is 2. The predicted molar refractivity (Wildman–Crippen MR) is 145 cm³/mol. The molecule has 0 spiro atoms. The number of nitrogen functional groups attached to an aromatic ring is 1. The number of hydrogen-bond acceptors (Lipinski definition) is 6. The molecule has 4 N–H and O–H groups in total. The van der Waals surface area contributed by atoms with Gasteiger partial charge in [-0.1, -0.05) is 6.07 Å². The van der Waals surface area contributed by atoms with Gasteiger partial charge >= 0.3 is 6.03 Å². The first-order chi connectivity index (χ1) is 17.9. The van der Waals surface area contributed by atoms with Crippen molar-refractivity contribution in [1.29, 1.82) is 0 Å². The number of nitrogens with zero attached hydrogens (tertiary/aromatic N) is 3. The van der Waals surface area contributed by atoms with Crippen molar-refractivity contribution in [3.8, 4) is 22.7 Å². The minimum Gasteiger partial charge on any atom is -0.464 e. The molecule has 0 saturated heterocycles. The maximum Gasteiger partial charge on any atom is 0.323 e. The van der Waals surface area contributed by atoms with Crippen LogP contribution in [0.1, 0.15) is 6.92 Å². The van der Waals surface area contributed by atoms with Crippen molar-refractivity contribution in [2.75, 3.05) is 28.3 Å². The fraction of sp³-hybridized carbons (Fsp3) is 0.0714. The number of rotatable bonds is 5. The summed E-state index contributed by atoms with van der Waals surface area (Å²) in [4.78, 5) is 34.6. The van der Waals surface area contributed by atoms with Gasteiger partial charge in [0.25, 0.3) is 0 Å². The van der Waals surface area contributed by atoms with Crippen molar-refractivity contribution in [1.82, 2.24) is 9.97 Å². The third-order valence-corrected chi connectivity index (χ3v) is 5.92. The third-order valence-electron chi connectivity index (χ3n) is 5.92. The third kappa shape index (κ3) is 5.10. The van der Waals surface area contributed by atoms with Gasteiger partial charge < -0.3 is 25.7 Å². The quantitative estimate of drug-likeness (QED) is 0.286. The number of nitrogens with two attached hydrogens (primary N) is 1. The van der Waals surface area contributed by atoms with E-state index in [1.807, 2.05) is 42.5 Å². The molecule has 0 radical (unpaired) electrons. The summed E-state index contributed by atoms with van der Waals surface area (Å²) in [5, 5.41) is 6.33. The minimum absolute atomic E-state index is 0.0719. The molecule has 37 heavy (non-hydrogen) atoms. The van der Waals surface area contributed by atoms with Gasteiger partial charge in [0.15, 0.2) is 5.82 Å². The van der Waals surface area contributed by atoms with Gasteiger partial charge in [-0.25, -0.2) is 14.8 Å². The Labute approximate surface area is 213 Å². The van der Waals surface area contributed by atoms with Crippen LogP contribution in [0.5, 0.6) is 0 Å². The Morgan fingerprint density at radius 2 is 1.51 bits per heavy atom. The standard InChI is InChI=1S/C28H24N6O3/c1-17(35)34(2)22-12-10-21(11-13-22)31-28(36)30-20-8-5-18(6-9-20)27-32-24-16-19(25-4-3-15-37-25)7-14-23(24)26(29)33-27/h3-16H,1-2H3,(H2,29,32,33)(H2,30,31,36). The highest BCUT2D eigenvalue weighted by Crippen LogP contribution is 2.28. The molecule has 0 bridgehead atoms. The van der Waals surface area contributed by atoms with Crippen LogP contribution >= 0.6 is 0 Å². The van der Waals surface area contributed by atoms with Crippen LogP contribution < -0.4 is 21.3 Å². The lowest BCUT2D eigenvalue weighted by Crippen LogP contribution is -2.23. The SMILES string of the molecule is CC(=O)N(C)c1ccc(NC(=O)Nc2ccc(-c3nc(N)c4ccc(-c5ccco5)cc4n3)cc2)cc1. The van der Waals surface area contributed by atoms with Gasteiger partial charge in [0.2, 0.25) is 5.91 Å². The van der Waals surface area contributed by atoms with E-state index in [0.717, 1.165) is 28.0 Å². The molecular formula is C28H24N6O3. The van der Waals surface area contributed by atoms with Gasteiger partial charge in [-0.2, -0.15) is 0 Å². The van der Waals surface area contributed by atoms with E-state index in [-0.39, 0.29) is 5.91 Å². The highest BCUT2D eigenvalue weighted by atomic mass is 16.3. The van der Waals surface area contributed by atoms with Crippen molar-refractivity contribution in [2.45, 2.75) is 6.92 Å². The number of benzene rings is 3. The Morgan fingerprint density at radius 3 is 2.14 bits per heavy atom. The summed E-state index contributed by atoms with van der Waals surface area (Å²) in [6.45, 7) is 1.49. The van der Waals surface area contributed by atoms with E-state index in [1.165, 1.54) is 11.8 Å². The number of carbonyl (C=O) groups excluding carboxylic acids is 2. The first-order valence-corrected chi connectivity index (χ1v) is 11.5. The molecule has 2 heterocycles. The number of anilines is 4. The summed E-state index contributed by atoms with van der Waals surface area (Å²) in [6.07, 6.45) is 1.63. The Balaban J connectivity index is 1.29. The van der Waals surface area contributed by atoms with Crippen molar-refractivity contribution >= 4 is 45.7 Å². The molecule has 9 heteroatoms. The Kier molecular flexibility index (Phi) is 6.25. The maximum atomic E-state index is 12.4. The average molecular weight is 493 g/mol. The van der Waals surface area contributed by atoms with E-state index in [4.69, 9.17) is 15.1 Å². The van der Waals surface area contributed by atoms with Gasteiger partial charge in [0.05, 0.1) is 11.8 Å². The first-order valence-electron chi connectivity index (χ1n) is 11.5. The maximum absolute atomic E-state index is 12.4. The van der Waals surface area contributed by atoms with Crippen LogP contribution in [0.3, 0.4) is 0 Å². The molecule has 0 fully saturated rings. The monoisotopic (exact) mass is 492 g/mol. The number of urea groups is 1. The smallest absolute Gasteiger partial charge is 0.323 e. The zero-order chi connectivity index (χ0) is 25.9. The fourth-order valence-electron chi connectivity index (χ4n) is 3.83. The second-order valence-electron chi connectivity index (χ2n) is 8.42. The van der Waals surface area contributed by atoms with Crippen LogP contribution in [0.25, 0.3) is 33.6 Å². The minimum atomic E-state index is -0.392. The molecular weight excluding hydrogens is 468 g/mol. The van der Waals surface area contributed by atoms with Gasteiger partial charge in [0, 0.05) is 47.5 Å². The summed E-state index contributed by atoms with van der Waals surface area (Å²) in [5.41, 5.74) is 10.5. The van der Waals surface area contributed by atoms with Crippen LogP contribution in [0.15, 0.2) is 89.5 Å². The Hall–Kier alpha value is -5.18. The molecule has 3 amide bonds. The normalized spacial score (nSPS) is 10.8. The molecule has 5 aromatic rings. The number of carbonyl (C=O) groups is 2. The molecule has 2 aromatic heterocycles. The molecule has 9 nitrogen and oxygen atoms in total. The largest absolute Gasteiger partial charge is 0.464 e. The van der Waals surface area contributed by atoms with E-state index < -0.39 is 6.03 Å². The lowest BCUT2D eigenvalue weighted by Gasteiger charge is -2.15. The lowest BCUT2D eigenvalue weighted by molar-refractivity contribution is -0.116. The molecule has 5 rings (SSSR count). The van der Waals surface area contributed by atoms with Gasteiger partial charge in [-0.15, -0.1) is 0 Å². The van der Waals surface area contributed by atoms with E-state index in [9.17, 15) is 9.59 Å². The highest BCUT2D eigenvalue weighted by Gasteiger charge is 2.11. The number of hydrogen-bond donors (Lipinski definition) is 3. The summed E-state index contributed by atoms with van der Waals surface area (Å²) >= 11 is 0. The second kappa shape index (κ2) is 9.82. The van der Waals surface area contributed by atoms with E-state index >= 15 is 0 Å². The van der Waals surface area contributed by atoms with Gasteiger partial charge in [0.1, 0.15) is 11.6 Å². The molecule has 3 aromatic carbocycles. The van der Waals surface area contributed by atoms with Crippen molar-refractivity contribution < 1.29 is 14.0 Å². The highest BCUT2D eigenvalue weighted by molar-refractivity contribution is 6.00. The van der Waals surface area contributed by atoms with E-state index in [0.29, 0.717) is 28.5 Å². The van der Waals surface area contributed by atoms with Crippen LogP contribution in [-0.4, -0.2) is 29.0 Å². The summed E-state index contributed by atoms with van der Waals surface area (Å²) < 4.78 is 5.49.